The van der Waals surface area contributed by atoms with E-state index in [2.05, 4.69) is 12.2 Å². The van der Waals surface area contributed by atoms with Crippen molar-refractivity contribution in [1.82, 2.24) is 5.32 Å². The second-order valence-corrected chi connectivity index (χ2v) is 5.73. The van der Waals surface area contributed by atoms with Gasteiger partial charge in [-0.15, -0.1) is 0 Å². The summed E-state index contributed by atoms with van der Waals surface area (Å²) >= 11 is 0. The number of halogens is 1. The molecule has 1 heterocycles. The van der Waals surface area contributed by atoms with E-state index in [1.807, 2.05) is 12.1 Å². The fourth-order valence-corrected chi connectivity index (χ4v) is 2.53. The number of furan rings is 1. The van der Waals surface area contributed by atoms with Crippen LogP contribution in [0.5, 0.6) is 0 Å². The van der Waals surface area contributed by atoms with E-state index in [4.69, 9.17) is 4.42 Å². The highest BCUT2D eigenvalue weighted by molar-refractivity contribution is 5.57. The third-order valence-corrected chi connectivity index (χ3v) is 4.30. The van der Waals surface area contributed by atoms with E-state index in [9.17, 15) is 4.39 Å². The van der Waals surface area contributed by atoms with Crippen molar-refractivity contribution in [3.63, 3.8) is 0 Å². The van der Waals surface area contributed by atoms with Crippen LogP contribution in [-0.2, 0) is 6.54 Å². The van der Waals surface area contributed by atoms with Crippen LogP contribution in [-0.4, -0.2) is 6.54 Å². The molecule has 3 rings (SSSR count). The van der Waals surface area contributed by atoms with E-state index >= 15 is 0 Å². The van der Waals surface area contributed by atoms with Crippen LogP contribution in [0.4, 0.5) is 4.39 Å². The Bertz CT molecular complexity index is 569. The summed E-state index contributed by atoms with van der Waals surface area (Å²) in [6.45, 7) is 4.08. The predicted molar refractivity (Wildman–Crippen MR) is 77.8 cm³/mol. The molecule has 1 fully saturated rings. The molecule has 2 aromatic rings. The van der Waals surface area contributed by atoms with Gasteiger partial charge in [0.2, 0.25) is 0 Å². The molecule has 0 unspecified atom stereocenters. The Hall–Kier alpha value is -1.61. The average Bonchev–Trinajstić information content (AvgIpc) is 3.09. The van der Waals surface area contributed by atoms with Crippen LogP contribution < -0.4 is 5.32 Å². The summed E-state index contributed by atoms with van der Waals surface area (Å²) in [6, 6.07) is 10.3. The first kappa shape index (κ1) is 13.4. The first-order valence-corrected chi connectivity index (χ1v) is 7.26. The Balaban J connectivity index is 1.58. The summed E-state index contributed by atoms with van der Waals surface area (Å²) < 4.78 is 18.7. The van der Waals surface area contributed by atoms with Gasteiger partial charge in [0, 0.05) is 12.1 Å². The molecule has 1 aliphatic rings. The molecule has 1 aromatic heterocycles. The number of nitrogens with one attached hydrogen (secondary N) is 1. The molecule has 0 amide bonds. The Morgan fingerprint density at radius 2 is 1.90 bits per heavy atom. The van der Waals surface area contributed by atoms with Crippen molar-refractivity contribution in [3.8, 4) is 11.3 Å². The smallest absolute Gasteiger partial charge is 0.134 e. The largest absolute Gasteiger partial charge is 0.460 e. The topological polar surface area (TPSA) is 25.2 Å². The van der Waals surface area contributed by atoms with Gasteiger partial charge in [-0.2, -0.15) is 0 Å². The van der Waals surface area contributed by atoms with Crippen LogP contribution in [0.25, 0.3) is 11.3 Å². The van der Waals surface area contributed by atoms with Crippen molar-refractivity contribution in [2.75, 3.05) is 6.54 Å². The molecule has 0 aliphatic heterocycles. The van der Waals surface area contributed by atoms with E-state index in [0.717, 1.165) is 30.2 Å². The SMILES string of the molecule is CCC1(CNCc2ccc(-c3ccc(F)cc3)o2)CC1. The van der Waals surface area contributed by atoms with Crippen molar-refractivity contribution in [2.45, 2.75) is 32.7 Å². The van der Waals surface area contributed by atoms with Crippen molar-refractivity contribution >= 4 is 0 Å². The normalized spacial score (nSPS) is 16.3. The van der Waals surface area contributed by atoms with Crippen LogP contribution in [0.15, 0.2) is 40.8 Å². The minimum Gasteiger partial charge on any atom is -0.460 e. The Morgan fingerprint density at radius 3 is 2.55 bits per heavy atom. The number of hydrogen-bond acceptors (Lipinski definition) is 2. The van der Waals surface area contributed by atoms with Gasteiger partial charge in [0.05, 0.1) is 6.54 Å². The minimum absolute atomic E-state index is 0.225. The fourth-order valence-electron chi connectivity index (χ4n) is 2.53. The fraction of sp³-hybridized carbons (Fsp3) is 0.412. The standard InChI is InChI=1S/C17H20FNO/c1-2-17(9-10-17)12-19-11-15-7-8-16(20-15)13-3-5-14(18)6-4-13/h3-8,19H,2,9-12H2,1H3. The van der Waals surface area contributed by atoms with E-state index < -0.39 is 0 Å². The molecule has 1 aromatic carbocycles. The van der Waals surface area contributed by atoms with Crippen molar-refractivity contribution < 1.29 is 8.81 Å². The predicted octanol–water partition coefficient (Wildman–Crippen LogP) is 4.37. The van der Waals surface area contributed by atoms with Crippen LogP contribution >= 0.6 is 0 Å². The van der Waals surface area contributed by atoms with Gasteiger partial charge in [-0.1, -0.05) is 6.92 Å². The van der Waals surface area contributed by atoms with Crippen LogP contribution in [0.1, 0.15) is 31.9 Å². The summed E-state index contributed by atoms with van der Waals surface area (Å²) in [6.07, 6.45) is 3.93. The average molecular weight is 273 g/mol. The molecule has 1 aliphatic carbocycles. The molecule has 20 heavy (non-hydrogen) atoms. The Morgan fingerprint density at radius 1 is 1.15 bits per heavy atom. The molecule has 0 saturated heterocycles. The minimum atomic E-state index is -0.225. The summed E-state index contributed by atoms with van der Waals surface area (Å²) in [7, 11) is 0. The first-order chi connectivity index (χ1) is 9.71. The maximum atomic E-state index is 12.9. The molecule has 3 heteroatoms. The highest BCUT2D eigenvalue weighted by Gasteiger charge is 2.39. The molecular formula is C17H20FNO. The van der Waals surface area contributed by atoms with Crippen LogP contribution in [0.2, 0.25) is 0 Å². The van der Waals surface area contributed by atoms with Crippen molar-refractivity contribution in [2.24, 2.45) is 5.41 Å². The Labute approximate surface area is 119 Å². The second-order valence-electron chi connectivity index (χ2n) is 5.73. The zero-order chi connectivity index (χ0) is 14.0. The molecular weight excluding hydrogens is 253 g/mol. The molecule has 1 N–H and O–H groups in total. The van der Waals surface area contributed by atoms with Gasteiger partial charge >= 0.3 is 0 Å². The van der Waals surface area contributed by atoms with E-state index in [1.165, 1.54) is 31.4 Å². The number of hydrogen-bond donors (Lipinski definition) is 1. The van der Waals surface area contributed by atoms with Gasteiger partial charge in [0.15, 0.2) is 0 Å². The third-order valence-electron chi connectivity index (χ3n) is 4.30. The lowest BCUT2D eigenvalue weighted by Crippen LogP contribution is -2.22. The van der Waals surface area contributed by atoms with Crippen molar-refractivity contribution in [3.05, 3.63) is 48.0 Å². The Kier molecular flexibility index (Phi) is 3.62. The van der Waals surface area contributed by atoms with E-state index in [0.29, 0.717) is 5.41 Å². The van der Waals surface area contributed by atoms with Crippen LogP contribution in [0.3, 0.4) is 0 Å². The lowest BCUT2D eigenvalue weighted by molar-refractivity contribution is 0.419. The van der Waals surface area contributed by atoms with Gasteiger partial charge in [-0.05, 0) is 61.1 Å². The highest BCUT2D eigenvalue weighted by atomic mass is 19.1. The third kappa shape index (κ3) is 2.93. The summed E-state index contributed by atoms with van der Waals surface area (Å²) in [5.41, 5.74) is 1.46. The quantitative estimate of drug-likeness (QED) is 0.845. The molecule has 0 atom stereocenters. The molecule has 0 spiro atoms. The monoisotopic (exact) mass is 273 g/mol. The first-order valence-electron chi connectivity index (χ1n) is 7.26. The molecule has 0 bridgehead atoms. The zero-order valence-electron chi connectivity index (χ0n) is 11.8. The molecule has 2 nitrogen and oxygen atoms in total. The maximum Gasteiger partial charge on any atom is 0.134 e. The van der Waals surface area contributed by atoms with E-state index in [-0.39, 0.29) is 5.82 Å². The molecule has 106 valence electrons. The van der Waals surface area contributed by atoms with Crippen LogP contribution in [0, 0.1) is 11.2 Å². The summed E-state index contributed by atoms with van der Waals surface area (Å²) in [5.74, 6) is 1.49. The zero-order valence-corrected chi connectivity index (χ0v) is 11.8. The van der Waals surface area contributed by atoms with Crippen molar-refractivity contribution in [1.29, 1.82) is 0 Å². The lowest BCUT2D eigenvalue weighted by Gasteiger charge is -2.12. The highest BCUT2D eigenvalue weighted by Crippen LogP contribution is 2.47. The second kappa shape index (κ2) is 5.41. The number of rotatable bonds is 6. The van der Waals surface area contributed by atoms with Gasteiger partial charge in [-0.3, -0.25) is 0 Å². The lowest BCUT2D eigenvalue weighted by atomic mass is 10.0. The van der Waals surface area contributed by atoms with Gasteiger partial charge in [0.25, 0.3) is 0 Å². The van der Waals surface area contributed by atoms with Gasteiger partial charge < -0.3 is 9.73 Å². The summed E-state index contributed by atoms with van der Waals surface area (Å²) in [5, 5.41) is 3.48. The van der Waals surface area contributed by atoms with Gasteiger partial charge in [-0.25, -0.2) is 4.39 Å². The maximum absolute atomic E-state index is 12.9. The van der Waals surface area contributed by atoms with Gasteiger partial charge in [0.1, 0.15) is 17.3 Å². The molecule has 0 radical (unpaired) electrons. The summed E-state index contributed by atoms with van der Waals surface area (Å²) in [4.78, 5) is 0. The van der Waals surface area contributed by atoms with E-state index in [1.54, 1.807) is 12.1 Å². The molecule has 1 saturated carbocycles. The number of benzene rings is 1.